The van der Waals surface area contributed by atoms with Gasteiger partial charge in [-0.1, -0.05) is 13.8 Å². The van der Waals surface area contributed by atoms with Gasteiger partial charge in [0.05, 0.1) is 24.4 Å². The lowest BCUT2D eigenvalue weighted by Gasteiger charge is -2.31. The number of Topliss-reactive ketones (excluding diaryl/α,β-unsaturated/α-hetero) is 1. The van der Waals surface area contributed by atoms with E-state index in [-0.39, 0.29) is 23.6 Å². The number of hydrogen-bond donors (Lipinski definition) is 2. The molecule has 3 aromatic heterocycles. The number of aryl methyl sites for hydroxylation is 1. The molecule has 0 saturated heterocycles. The van der Waals surface area contributed by atoms with Crippen LogP contribution in [0, 0.1) is 6.92 Å². The number of nitrogens with two attached hydrogens (primary N) is 2. The second-order valence-corrected chi connectivity index (χ2v) is 8.67. The van der Waals surface area contributed by atoms with Gasteiger partial charge >= 0.3 is 0 Å². The molecule has 0 aliphatic heterocycles. The van der Waals surface area contributed by atoms with E-state index < -0.39 is 0 Å². The average Bonchev–Trinajstić information content (AvgIpc) is 3.20. The summed E-state index contributed by atoms with van der Waals surface area (Å²) in [6, 6.07) is 0. The van der Waals surface area contributed by atoms with Gasteiger partial charge in [0, 0.05) is 29.4 Å². The predicted molar refractivity (Wildman–Crippen MR) is 108 cm³/mol. The number of aromatic nitrogens is 5. The number of thiazole rings is 1. The molecule has 0 bridgehead atoms. The Bertz CT molecular complexity index is 1070. The largest absolute Gasteiger partial charge is 0.368 e. The molecule has 3 aromatic rings. The molecule has 4 N–H and O–H groups in total. The first kappa shape index (κ1) is 18.7. The highest BCUT2D eigenvalue weighted by Gasteiger charge is 2.40. The molecule has 3 heterocycles. The molecular formula is C19H23N7OS. The third-order valence-corrected chi connectivity index (χ3v) is 5.92. The van der Waals surface area contributed by atoms with E-state index in [1.54, 1.807) is 10.9 Å². The van der Waals surface area contributed by atoms with Crippen molar-refractivity contribution in [3.63, 3.8) is 0 Å². The molecule has 0 fully saturated rings. The molecule has 0 spiro atoms. The average molecular weight is 398 g/mol. The first-order valence-electron chi connectivity index (χ1n) is 9.17. The summed E-state index contributed by atoms with van der Waals surface area (Å²) < 4.78 is 1.79. The standard InChI is InChI=1S/C19H23N7OS/c1-10-9-28-13(23-10)6-12(27)16-14-17(26(25-16)5-4-20)15-11(7-19(14,2)3)8-22-18(21)24-15/h8-9H,4-7,20H2,1-3H3,(H2,21,22,24). The minimum atomic E-state index is -0.293. The van der Waals surface area contributed by atoms with Crippen LogP contribution in [0.1, 0.15) is 46.2 Å². The molecule has 0 radical (unpaired) electrons. The molecule has 4 rings (SSSR count). The number of ketones is 1. The second kappa shape index (κ2) is 6.75. The first-order valence-corrected chi connectivity index (χ1v) is 10.1. The zero-order valence-electron chi connectivity index (χ0n) is 16.2. The van der Waals surface area contributed by atoms with E-state index >= 15 is 0 Å². The van der Waals surface area contributed by atoms with Crippen molar-refractivity contribution in [2.45, 2.75) is 45.6 Å². The van der Waals surface area contributed by atoms with Gasteiger partial charge in [-0.3, -0.25) is 9.48 Å². The van der Waals surface area contributed by atoms with E-state index in [1.807, 2.05) is 12.3 Å². The van der Waals surface area contributed by atoms with Crippen LogP contribution in [0.25, 0.3) is 11.4 Å². The molecule has 0 saturated carbocycles. The van der Waals surface area contributed by atoms with Gasteiger partial charge in [-0.2, -0.15) is 5.10 Å². The fourth-order valence-corrected chi connectivity index (χ4v) is 4.62. The van der Waals surface area contributed by atoms with Crippen molar-refractivity contribution in [3.8, 4) is 11.4 Å². The zero-order valence-corrected chi connectivity index (χ0v) is 17.0. The van der Waals surface area contributed by atoms with Crippen molar-refractivity contribution in [1.82, 2.24) is 24.7 Å². The van der Waals surface area contributed by atoms with Crippen LogP contribution in [0.2, 0.25) is 0 Å². The summed E-state index contributed by atoms with van der Waals surface area (Å²) in [6.07, 6.45) is 2.71. The van der Waals surface area contributed by atoms with Crippen LogP contribution in [-0.4, -0.2) is 37.1 Å². The Morgan fingerprint density at radius 3 is 2.82 bits per heavy atom. The third-order valence-electron chi connectivity index (χ3n) is 4.95. The molecule has 9 heteroatoms. The Morgan fingerprint density at radius 2 is 2.14 bits per heavy atom. The van der Waals surface area contributed by atoms with Crippen molar-refractivity contribution in [1.29, 1.82) is 0 Å². The summed E-state index contributed by atoms with van der Waals surface area (Å²) in [4.78, 5) is 26.2. The quantitative estimate of drug-likeness (QED) is 0.630. The van der Waals surface area contributed by atoms with Gasteiger partial charge in [0.1, 0.15) is 10.7 Å². The Kier molecular flexibility index (Phi) is 4.51. The summed E-state index contributed by atoms with van der Waals surface area (Å²) >= 11 is 1.49. The number of hydrogen-bond acceptors (Lipinski definition) is 8. The summed E-state index contributed by atoms with van der Waals surface area (Å²) in [5.74, 6) is 0.163. The maximum atomic E-state index is 13.2. The lowest BCUT2D eigenvalue weighted by molar-refractivity contribution is 0.0985. The maximum absolute atomic E-state index is 13.2. The SMILES string of the molecule is Cc1csc(CC(=O)c2nn(CCN)c3c2C(C)(C)Cc2cnc(N)nc2-3)n1. The highest BCUT2D eigenvalue weighted by Crippen LogP contribution is 2.44. The number of anilines is 1. The van der Waals surface area contributed by atoms with Crippen LogP contribution in [0.4, 0.5) is 5.95 Å². The smallest absolute Gasteiger partial charge is 0.220 e. The number of carbonyl (C=O) groups is 1. The Balaban J connectivity index is 1.88. The summed E-state index contributed by atoms with van der Waals surface area (Å²) in [7, 11) is 0. The summed E-state index contributed by atoms with van der Waals surface area (Å²) in [5, 5.41) is 7.42. The topological polar surface area (TPSA) is 126 Å². The van der Waals surface area contributed by atoms with E-state index in [0.29, 0.717) is 25.2 Å². The van der Waals surface area contributed by atoms with Crippen LogP contribution in [0.3, 0.4) is 0 Å². The van der Waals surface area contributed by atoms with Crippen molar-refractivity contribution < 1.29 is 4.79 Å². The van der Waals surface area contributed by atoms with Crippen molar-refractivity contribution in [2.24, 2.45) is 5.73 Å². The van der Waals surface area contributed by atoms with Crippen LogP contribution < -0.4 is 11.5 Å². The Labute approximate surface area is 167 Å². The van der Waals surface area contributed by atoms with Crippen molar-refractivity contribution in [3.05, 3.63) is 39.1 Å². The van der Waals surface area contributed by atoms with Gasteiger partial charge in [-0.15, -0.1) is 11.3 Å². The molecule has 28 heavy (non-hydrogen) atoms. The molecule has 0 amide bonds. The number of nitrogen functional groups attached to an aromatic ring is 1. The highest BCUT2D eigenvalue weighted by molar-refractivity contribution is 7.09. The zero-order chi connectivity index (χ0) is 20.1. The van der Waals surface area contributed by atoms with Crippen molar-refractivity contribution in [2.75, 3.05) is 12.3 Å². The highest BCUT2D eigenvalue weighted by atomic mass is 32.1. The normalized spacial score (nSPS) is 14.6. The van der Waals surface area contributed by atoms with E-state index in [1.165, 1.54) is 11.3 Å². The van der Waals surface area contributed by atoms with Crippen LogP contribution >= 0.6 is 11.3 Å². The Hall–Kier alpha value is -2.65. The van der Waals surface area contributed by atoms with Gasteiger partial charge in [0.25, 0.3) is 0 Å². The van der Waals surface area contributed by atoms with Crippen LogP contribution in [0.5, 0.6) is 0 Å². The second-order valence-electron chi connectivity index (χ2n) is 7.73. The monoisotopic (exact) mass is 397 g/mol. The van der Waals surface area contributed by atoms with Crippen LogP contribution in [0.15, 0.2) is 11.6 Å². The predicted octanol–water partition coefficient (Wildman–Crippen LogP) is 1.91. The summed E-state index contributed by atoms with van der Waals surface area (Å²) in [5.41, 5.74) is 16.2. The van der Waals surface area contributed by atoms with E-state index in [9.17, 15) is 4.79 Å². The number of carbonyl (C=O) groups excluding carboxylic acids is 1. The molecular weight excluding hydrogens is 374 g/mol. The van der Waals surface area contributed by atoms with Gasteiger partial charge < -0.3 is 11.5 Å². The molecule has 1 aliphatic rings. The van der Waals surface area contributed by atoms with Crippen LogP contribution in [-0.2, 0) is 24.8 Å². The molecule has 0 aromatic carbocycles. The van der Waals surface area contributed by atoms with E-state index in [2.05, 4.69) is 33.9 Å². The van der Waals surface area contributed by atoms with Gasteiger partial charge in [0.15, 0.2) is 5.78 Å². The Morgan fingerprint density at radius 1 is 1.36 bits per heavy atom. The third kappa shape index (κ3) is 3.10. The molecule has 146 valence electrons. The van der Waals surface area contributed by atoms with Gasteiger partial charge in [0.2, 0.25) is 5.95 Å². The lowest BCUT2D eigenvalue weighted by atomic mass is 9.72. The molecule has 8 nitrogen and oxygen atoms in total. The van der Waals surface area contributed by atoms with Gasteiger partial charge in [-0.25, -0.2) is 15.0 Å². The van der Waals surface area contributed by atoms with Gasteiger partial charge in [-0.05, 0) is 24.3 Å². The molecule has 0 atom stereocenters. The lowest BCUT2D eigenvalue weighted by Crippen LogP contribution is -2.29. The molecule has 0 unspecified atom stereocenters. The number of fused-ring (bicyclic) bond motifs is 3. The first-order chi connectivity index (χ1) is 13.3. The molecule has 1 aliphatic carbocycles. The number of rotatable bonds is 5. The minimum Gasteiger partial charge on any atom is -0.368 e. The minimum absolute atomic E-state index is 0.0417. The van der Waals surface area contributed by atoms with Crippen molar-refractivity contribution >= 4 is 23.1 Å². The maximum Gasteiger partial charge on any atom is 0.220 e. The fraction of sp³-hybridized carbons (Fsp3) is 0.421. The summed E-state index contributed by atoms with van der Waals surface area (Å²) in [6.45, 7) is 7.05. The van der Waals surface area contributed by atoms with E-state index in [4.69, 9.17) is 11.5 Å². The number of nitrogens with zero attached hydrogens (tertiary/aromatic N) is 5. The van der Waals surface area contributed by atoms with E-state index in [0.717, 1.165) is 33.2 Å². The fourth-order valence-electron chi connectivity index (χ4n) is 3.85.